The molecule has 0 aliphatic rings. The van der Waals surface area contributed by atoms with Gasteiger partial charge in [0.2, 0.25) is 0 Å². The van der Waals surface area contributed by atoms with Crippen LogP contribution in [0.3, 0.4) is 0 Å². The molecule has 4 nitrogen and oxygen atoms in total. The molecule has 2 heterocycles. The molecule has 2 aromatic heterocycles. The molecule has 0 saturated carbocycles. The fourth-order valence-corrected chi connectivity index (χ4v) is 4.85. The zero-order valence-corrected chi connectivity index (χ0v) is 16.5. The Hall–Kier alpha value is -2.77. The van der Waals surface area contributed by atoms with E-state index in [0.717, 1.165) is 37.0 Å². The zero-order chi connectivity index (χ0) is 19.5. The number of rotatable bonds is 5. The predicted octanol–water partition coefficient (Wildman–Crippen LogP) is 5.58. The van der Waals surface area contributed by atoms with E-state index in [4.69, 9.17) is 4.74 Å². The van der Waals surface area contributed by atoms with Crippen molar-refractivity contribution < 1.29 is 13.9 Å². The summed E-state index contributed by atoms with van der Waals surface area (Å²) in [6.45, 7) is 0. The number of thioether (sulfide) groups is 1. The van der Waals surface area contributed by atoms with Gasteiger partial charge in [0.25, 0.3) is 0 Å². The first kappa shape index (κ1) is 18.6. The number of fused-ring (bicyclic) bond motifs is 1. The third-order valence-electron chi connectivity index (χ3n) is 4.16. The molecule has 0 fully saturated rings. The van der Waals surface area contributed by atoms with Crippen molar-refractivity contribution >= 4 is 39.3 Å². The van der Waals surface area contributed by atoms with Crippen LogP contribution in [0.1, 0.15) is 15.9 Å². The Labute approximate surface area is 169 Å². The summed E-state index contributed by atoms with van der Waals surface area (Å²) in [7, 11) is 1.37. The third kappa shape index (κ3) is 3.90. The molecule has 4 aromatic rings. The van der Waals surface area contributed by atoms with Gasteiger partial charge in [0.05, 0.1) is 22.9 Å². The van der Waals surface area contributed by atoms with E-state index in [1.54, 1.807) is 53.7 Å². The highest BCUT2D eigenvalue weighted by Gasteiger charge is 2.11. The van der Waals surface area contributed by atoms with Crippen molar-refractivity contribution in [2.75, 3.05) is 7.11 Å². The van der Waals surface area contributed by atoms with E-state index in [2.05, 4.69) is 9.97 Å². The second kappa shape index (κ2) is 8.08. The van der Waals surface area contributed by atoms with Crippen molar-refractivity contribution in [1.29, 1.82) is 0 Å². The molecular weight excluding hydrogens is 395 g/mol. The van der Waals surface area contributed by atoms with Crippen molar-refractivity contribution in [2.24, 2.45) is 0 Å². The molecule has 140 valence electrons. The second-order valence-corrected chi connectivity index (χ2v) is 8.00. The maximum Gasteiger partial charge on any atom is 0.337 e. The van der Waals surface area contributed by atoms with Gasteiger partial charge >= 0.3 is 5.97 Å². The molecule has 7 heteroatoms. The first-order valence-corrected chi connectivity index (χ1v) is 10.2. The van der Waals surface area contributed by atoms with Crippen molar-refractivity contribution in [3.8, 4) is 10.4 Å². The van der Waals surface area contributed by atoms with Gasteiger partial charge in [0, 0.05) is 10.6 Å². The Bertz CT molecular complexity index is 1130. The highest BCUT2D eigenvalue weighted by molar-refractivity contribution is 7.98. The fraction of sp³-hybridized carbons (Fsp3) is 0.0952. The van der Waals surface area contributed by atoms with Crippen LogP contribution in [0.4, 0.5) is 4.39 Å². The number of hydrogen-bond donors (Lipinski definition) is 0. The molecule has 0 bridgehead atoms. The average molecular weight is 410 g/mol. The lowest BCUT2D eigenvalue weighted by molar-refractivity contribution is 0.0600. The van der Waals surface area contributed by atoms with Gasteiger partial charge in [0.15, 0.2) is 0 Å². The van der Waals surface area contributed by atoms with Crippen molar-refractivity contribution in [3.05, 3.63) is 77.9 Å². The lowest BCUT2D eigenvalue weighted by Crippen LogP contribution is -2.00. The number of methoxy groups -OCH3 is 1. The van der Waals surface area contributed by atoms with Crippen LogP contribution < -0.4 is 0 Å². The first-order valence-electron chi connectivity index (χ1n) is 8.44. The Kier molecular flexibility index (Phi) is 5.36. The van der Waals surface area contributed by atoms with Crippen LogP contribution in [0.2, 0.25) is 0 Å². The number of ether oxygens (including phenoxy) is 1. The summed E-state index contributed by atoms with van der Waals surface area (Å²) in [6, 6.07) is 15.8. The molecule has 0 saturated heterocycles. The average Bonchev–Trinajstić information content (AvgIpc) is 3.17. The number of nitrogens with zero attached hydrogens (tertiary/aromatic N) is 2. The van der Waals surface area contributed by atoms with E-state index in [0.29, 0.717) is 5.56 Å². The fourth-order valence-electron chi connectivity index (χ4n) is 2.70. The van der Waals surface area contributed by atoms with E-state index < -0.39 is 0 Å². The monoisotopic (exact) mass is 410 g/mol. The lowest BCUT2D eigenvalue weighted by atomic mass is 10.1. The highest BCUT2D eigenvalue weighted by Crippen LogP contribution is 2.37. The molecule has 0 spiro atoms. The maximum atomic E-state index is 13.2. The van der Waals surface area contributed by atoms with Crippen LogP contribution >= 0.6 is 23.1 Å². The van der Waals surface area contributed by atoms with Crippen LogP contribution in [0.15, 0.2) is 66.0 Å². The quantitative estimate of drug-likeness (QED) is 0.244. The molecule has 0 amide bonds. The van der Waals surface area contributed by atoms with Crippen molar-refractivity contribution in [1.82, 2.24) is 9.97 Å². The molecular formula is C21H15FN2O2S2. The normalized spacial score (nSPS) is 10.9. The smallest absolute Gasteiger partial charge is 0.337 e. The summed E-state index contributed by atoms with van der Waals surface area (Å²) in [5.41, 5.74) is 3.45. The minimum atomic E-state index is -0.344. The molecule has 0 atom stereocenters. The number of carbonyl (C=O) groups is 1. The number of esters is 1. The molecule has 0 N–H and O–H groups in total. The minimum absolute atomic E-state index is 0.251. The van der Waals surface area contributed by atoms with Crippen molar-refractivity contribution in [3.63, 3.8) is 0 Å². The number of halogens is 1. The maximum absolute atomic E-state index is 13.2. The van der Waals surface area contributed by atoms with Crippen LogP contribution in [0.25, 0.3) is 20.7 Å². The van der Waals surface area contributed by atoms with Crippen LogP contribution in [0.5, 0.6) is 0 Å². The van der Waals surface area contributed by atoms with Gasteiger partial charge in [-0.15, -0.1) is 23.1 Å². The third-order valence-corrected chi connectivity index (χ3v) is 6.53. The lowest BCUT2D eigenvalue weighted by Gasteiger charge is -2.04. The zero-order valence-electron chi connectivity index (χ0n) is 14.9. The summed E-state index contributed by atoms with van der Waals surface area (Å²) >= 11 is 3.21. The number of hydrogen-bond acceptors (Lipinski definition) is 6. The van der Waals surface area contributed by atoms with Crippen molar-refractivity contribution in [2.45, 2.75) is 10.8 Å². The molecule has 0 unspecified atom stereocenters. The summed E-state index contributed by atoms with van der Waals surface area (Å²) in [6.07, 6.45) is 1.56. The van der Waals surface area contributed by atoms with Gasteiger partial charge in [-0.25, -0.2) is 19.2 Å². The molecule has 2 aromatic carbocycles. The largest absolute Gasteiger partial charge is 0.465 e. The highest BCUT2D eigenvalue weighted by atomic mass is 32.2. The van der Waals surface area contributed by atoms with Gasteiger partial charge in [-0.2, -0.15) is 0 Å². The number of aromatic nitrogens is 2. The van der Waals surface area contributed by atoms with Gasteiger partial charge in [-0.1, -0.05) is 24.3 Å². The summed E-state index contributed by atoms with van der Waals surface area (Å²) in [5.74, 6) is 0.125. The topological polar surface area (TPSA) is 52.1 Å². The standard InChI is InChI=1S/C21H15FN2O2S2/c1-26-21(25)15-4-2-13(3-5-15)11-27-20-19-17(23-12-24-20)10-18(28-19)14-6-8-16(22)9-7-14/h2-10,12H,11H2,1H3. The van der Waals surface area contributed by atoms with Crippen LogP contribution in [-0.4, -0.2) is 23.0 Å². The van der Waals surface area contributed by atoms with Gasteiger partial charge in [-0.05, 0) is 41.5 Å². The SMILES string of the molecule is COC(=O)c1ccc(CSc2ncnc3cc(-c4ccc(F)cc4)sc23)cc1. The molecule has 0 aliphatic carbocycles. The number of carbonyl (C=O) groups excluding carboxylic acids is 1. The second-order valence-electron chi connectivity index (χ2n) is 5.99. The van der Waals surface area contributed by atoms with E-state index in [-0.39, 0.29) is 11.8 Å². The van der Waals surface area contributed by atoms with E-state index in [1.807, 2.05) is 18.2 Å². The molecule has 0 radical (unpaired) electrons. The van der Waals surface area contributed by atoms with Gasteiger partial charge < -0.3 is 4.74 Å². The Balaban J connectivity index is 1.55. The van der Waals surface area contributed by atoms with E-state index in [1.165, 1.54) is 19.2 Å². The first-order chi connectivity index (χ1) is 13.6. The number of benzene rings is 2. The van der Waals surface area contributed by atoms with Gasteiger partial charge in [-0.3, -0.25) is 0 Å². The van der Waals surface area contributed by atoms with E-state index in [9.17, 15) is 9.18 Å². The van der Waals surface area contributed by atoms with Gasteiger partial charge in [0.1, 0.15) is 17.2 Å². The Morgan fingerprint density at radius 1 is 1.11 bits per heavy atom. The predicted molar refractivity (Wildman–Crippen MR) is 110 cm³/mol. The Morgan fingerprint density at radius 3 is 2.57 bits per heavy atom. The minimum Gasteiger partial charge on any atom is -0.465 e. The summed E-state index contributed by atoms with van der Waals surface area (Å²) < 4.78 is 18.9. The van der Waals surface area contributed by atoms with Crippen LogP contribution in [-0.2, 0) is 10.5 Å². The molecule has 28 heavy (non-hydrogen) atoms. The van der Waals surface area contributed by atoms with Crippen LogP contribution in [0, 0.1) is 5.82 Å². The number of thiophene rings is 1. The summed E-state index contributed by atoms with van der Waals surface area (Å²) in [5, 5.41) is 0.903. The van der Waals surface area contributed by atoms with E-state index >= 15 is 0 Å². The summed E-state index contributed by atoms with van der Waals surface area (Å²) in [4.78, 5) is 21.3. The Morgan fingerprint density at radius 2 is 1.86 bits per heavy atom. The molecule has 4 rings (SSSR count). The molecule has 0 aliphatic heterocycles.